The van der Waals surface area contributed by atoms with Crippen LogP contribution in [0.2, 0.25) is 0 Å². The van der Waals surface area contributed by atoms with E-state index in [0.29, 0.717) is 5.76 Å². The number of carbonyl (C=O) groups excluding carboxylic acids is 2. The molecule has 8 nitrogen and oxygen atoms in total. The molecular weight excluding hydrogens is 462 g/mol. The first-order valence-electron chi connectivity index (χ1n) is 10.4. The highest BCUT2D eigenvalue weighted by Crippen LogP contribution is 2.19. The van der Waals surface area contributed by atoms with Crippen molar-refractivity contribution < 1.29 is 22.4 Å². The lowest BCUT2D eigenvalue weighted by Gasteiger charge is -2.33. The molecule has 2 amide bonds. The monoisotopic (exact) mass is 489 g/mol. The smallest absolute Gasteiger partial charge is 0.243 e. The Labute approximate surface area is 197 Å². The van der Waals surface area contributed by atoms with Crippen molar-refractivity contribution in [3.05, 3.63) is 76.9 Å². The number of benzene rings is 1. The van der Waals surface area contributed by atoms with Gasteiger partial charge in [-0.3, -0.25) is 9.59 Å². The van der Waals surface area contributed by atoms with Crippen LogP contribution in [0.4, 0.5) is 0 Å². The molecule has 0 fully saturated rings. The van der Waals surface area contributed by atoms with Crippen LogP contribution >= 0.6 is 11.3 Å². The molecule has 0 unspecified atom stereocenters. The number of amides is 2. The summed E-state index contributed by atoms with van der Waals surface area (Å²) in [5.74, 6) is -0.444. The van der Waals surface area contributed by atoms with Gasteiger partial charge in [0.05, 0.1) is 30.8 Å². The van der Waals surface area contributed by atoms with Gasteiger partial charge in [0, 0.05) is 4.88 Å². The second-order valence-corrected chi connectivity index (χ2v) is 10.5. The number of furan rings is 1. The van der Waals surface area contributed by atoms with Crippen LogP contribution in [0.3, 0.4) is 0 Å². The van der Waals surface area contributed by atoms with Gasteiger partial charge in [-0.1, -0.05) is 38.1 Å². The Morgan fingerprint density at radius 3 is 2.42 bits per heavy atom. The van der Waals surface area contributed by atoms with Crippen LogP contribution in [0.5, 0.6) is 0 Å². The van der Waals surface area contributed by atoms with Crippen LogP contribution in [0.15, 0.2) is 75.6 Å². The summed E-state index contributed by atoms with van der Waals surface area (Å²) in [7, 11) is -3.86. The van der Waals surface area contributed by atoms with Crippen LogP contribution < -0.4 is 10.0 Å². The molecule has 0 saturated heterocycles. The van der Waals surface area contributed by atoms with E-state index in [1.54, 1.807) is 30.3 Å². The van der Waals surface area contributed by atoms with Crippen molar-refractivity contribution in [3.63, 3.8) is 0 Å². The van der Waals surface area contributed by atoms with E-state index < -0.39 is 28.5 Å². The van der Waals surface area contributed by atoms with Crippen molar-refractivity contribution in [3.8, 4) is 0 Å². The highest BCUT2D eigenvalue weighted by Gasteiger charge is 2.33. The van der Waals surface area contributed by atoms with Crippen molar-refractivity contribution in [1.82, 2.24) is 14.9 Å². The van der Waals surface area contributed by atoms with Gasteiger partial charge in [0.15, 0.2) is 0 Å². The van der Waals surface area contributed by atoms with E-state index in [9.17, 15) is 18.0 Å². The van der Waals surface area contributed by atoms with Gasteiger partial charge in [0.1, 0.15) is 11.8 Å². The van der Waals surface area contributed by atoms with E-state index in [1.807, 2.05) is 31.4 Å². The molecule has 3 rings (SSSR count). The van der Waals surface area contributed by atoms with Gasteiger partial charge < -0.3 is 14.6 Å². The Hall–Kier alpha value is -2.95. The Bertz CT molecular complexity index is 1130. The average Bonchev–Trinajstić information content (AvgIpc) is 3.50. The summed E-state index contributed by atoms with van der Waals surface area (Å²) in [6, 6.07) is 14.3. The third-order valence-electron chi connectivity index (χ3n) is 4.95. The SMILES string of the molecule is CC(C)[C@@H](C(=O)NCc1ccco1)N(Cc1cccs1)C(=O)CNS(=O)(=O)c1ccccc1. The number of nitrogens with one attached hydrogen (secondary N) is 2. The lowest BCUT2D eigenvalue weighted by molar-refractivity contribution is -0.142. The average molecular weight is 490 g/mol. The molecule has 0 spiro atoms. The molecule has 1 aromatic carbocycles. The summed E-state index contributed by atoms with van der Waals surface area (Å²) in [6.45, 7) is 3.62. The van der Waals surface area contributed by atoms with E-state index in [-0.39, 0.29) is 29.8 Å². The zero-order valence-electron chi connectivity index (χ0n) is 18.4. The van der Waals surface area contributed by atoms with Gasteiger partial charge in [-0.25, -0.2) is 13.1 Å². The zero-order valence-corrected chi connectivity index (χ0v) is 20.1. The van der Waals surface area contributed by atoms with Crippen molar-refractivity contribution in [2.45, 2.75) is 37.9 Å². The van der Waals surface area contributed by atoms with Crippen LogP contribution in [0.1, 0.15) is 24.5 Å². The maximum atomic E-state index is 13.2. The van der Waals surface area contributed by atoms with E-state index >= 15 is 0 Å². The summed E-state index contributed by atoms with van der Waals surface area (Å²) in [6.07, 6.45) is 1.52. The second kappa shape index (κ2) is 11.3. The molecule has 33 heavy (non-hydrogen) atoms. The van der Waals surface area contributed by atoms with Crippen molar-refractivity contribution >= 4 is 33.2 Å². The predicted octanol–water partition coefficient (Wildman–Crippen LogP) is 2.99. The molecule has 0 aliphatic heterocycles. The van der Waals surface area contributed by atoms with Crippen molar-refractivity contribution in [2.24, 2.45) is 5.92 Å². The molecule has 10 heteroatoms. The lowest BCUT2D eigenvalue weighted by Crippen LogP contribution is -2.53. The Morgan fingerprint density at radius 2 is 1.82 bits per heavy atom. The fourth-order valence-corrected chi connectivity index (χ4v) is 5.05. The Kier molecular flexibility index (Phi) is 8.43. The molecule has 1 atom stereocenters. The van der Waals surface area contributed by atoms with Gasteiger partial charge in [-0.05, 0) is 41.6 Å². The third-order valence-corrected chi connectivity index (χ3v) is 7.22. The first-order valence-corrected chi connectivity index (χ1v) is 12.8. The van der Waals surface area contributed by atoms with Crippen molar-refractivity contribution in [1.29, 1.82) is 0 Å². The minimum Gasteiger partial charge on any atom is -0.467 e. The van der Waals surface area contributed by atoms with Gasteiger partial charge >= 0.3 is 0 Å². The molecule has 2 aromatic heterocycles. The number of hydrogen-bond donors (Lipinski definition) is 2. The lowest BCUT2D eigenvalue weighted by atomic mass is 10.0. The number of nitrogens with zero attached hydrogens (tertiary/aromatic N) is 1. The van der Waals surface area contributed by atoms with Gasteiger partial charge in [-0.2, -0.15) is 0 Å². The molecule has 0 saturated carbocycles. The minimum atomic E-state index is -3.86. The van der Waals surface area contributed by atoms with E-state index in [0.717, 1.165) is 4.88 Å². The fourth-order valence-electron chi connectivity index (χ4n) is 3.35. The van der Waals surface area contributed by atoms with E-state index in [1.165, 1.54) is 34.6 Å². The van der Waals surface area contributed by atoms with Gasteiger partial charge in [0.2, 0.25) is 21.8 Å². The maximum absolute atomic E-state index is 13.2. The summed E-state index contributed by atoms with van der Waals surface area (Å²) >= 11 is 1.46. The predicted molar refractivity (Wildman–Crippen MR) is 126 cm³/mol. The summed E-state index contributed by atoms with van der Waals surface area (Å²) in [4.78, 5) is 28.7. The quantitative estimate of drug-likeness (QED) is 0.430. The minimum absolute atomic E-state index is 0.0687. The highest BCUT2D eigenvalue weighted by atomic mass is 32.2. The van der Waals surface area contributed by atoms with E-state index in [2.05, 4.69) is 10.0 Å². The van der Waals surface area contributed by atoms with Gasteiger partial charge in [0.25, 0.3) is 0 Å². The maximum Gasteiger partial charge on any atom is 0.243 e. The molecule has 0 radical (unpaired) electrons. The summed E-state index contributed by atoms with van der Waals surface area (Å²) in [5.41, 5.74) is 0. The summed E-state index contributed by atoms with van der Waals surface area (Å²) in [5, 5.41) is 4.70. The molecule has 2 heterocycles. The zero-order chi connectivity index (χ0) is 23.8. The van der Waals surface area contributed by atoms with Crippen molar-refractivity contribution in [2.75, 3.05) is 6.54 Å². The fraction of sp³-hybridized carbons (Fsp3) is 0.304. The van der Waals surface area contributed by atoms with Gasteiger partial charge in [-0.15, -0.1) is 11.3 Å². The topological polar surface area (TPSA) is 109 Å². The number of carbonyl (C=O) groups is 2. The van der Waals surface area contributed by atoms with Crippen LogP contribution in [0, 0.1) is 5.92 Å². The standard InChI is InChI=1S/C23H27N3O5S2/c1-17(2)22(23(28)24-14-18-8-6-12-31-18)26(16-19-9-7-13-32-19)21(27)15-25-33(29,30)20-10-4-3-5-11-20/h3-13,17,22,25H,14-16H2,1-2H3,(H,24,28)/t22-/m0/s1. The molecule has 176 valence electrons. The number of hydrogen-bond acceptors (Lipinski definition) is 6. The normalized spacial score (nSPS) is 12.5. The van der Waals surface area contributed by atoms with Crippen LogP contribution in [-0.2, 0) is 32.7 Å². The first kappa shape index (κ1) is 24.7. The molecule has 0 aliphatic carbocycles. The molecule has 0 aliphatic rings. The van der Waals surface area contributed by atoms with Crippen LogP contribution in [0.25, 0.3) is 0 Å². The van der Waals surface area contributed by atoms with Crippen LogP contribution in [-0.4, -0.2) is 37.7 Å². The number of thiophene rings is 1. The Morgan fingerprint density at radius 1 is 1.06 bits per heavy atom. The highest BCUT2D eigenvalue weighted by molar-refractivity contribution is 7.89. The molecule has 0 bridgehead atoms. The second-order valence-electron chi connectivity index (χ2n) is 7.72. The Balaban J connectivity index is 1.77. The largest absolute Gasteiger partial charge is 0.467 e. The summed E-state index contributed by atoms with van der Waals surface area (Å²) < 4.78 is 32.8. The van der Waals surface area contributed by atoms with E-state index in [4.69, 9.17) is 4.42 Å². The molecule has 3 aromatic rings. The molecular formula is C23H27N3O5S2. The number of rotatable bonds is 11. The molecule has 2 N–H and O–H groups in total. The number of sulfonamides is 1. The first-order chi connectivity index (χ1) is 15.8. The third kappa shape index (κ3) is 6.77.